The summed E-state index contributed by atoms with van der Waals surface area (Å²) in [6.45, 7) is 0. The summed E-state index contributed by atoms with van der Waals surface area (Å²) in [7, 11) is 8.22. The molecule has 0 aromatic rings. The van der Waals surface area contributed by atoms with E-state index in [1.165, 1.54) is 0 Å². The number of rotatable bonds is 0. The molecule has 0 spiro atoms. The van der Waals surface area contributed by atoms with Crippen LogP contribution in [0.4, 0.5) is 0 Å². The van der Waals surface area contributed by atoms with Crippen molar-refractivity contribution in [3.05, 3.63) is 0 Å². The largest absolute Gasteiger partial charge is 0.147 e. The monoisotopic (exact) mass is 178 g/mol. The topological polar surface area (TPSA) is 0 Å². The van der Waals surface area contributed by atoms with E-state index in [1.54, 1.807) is 0 Å². The third kappa shape index (κ3) is 30.9. The lowest BCUT2D eigenvalue weighted by Gasteiger charge is -1.00. The Morgan fingerprint density at radius 2 is 0.600 bits per heavy atom. The van der Waals surface area contributed by atoms with Gasteiger partial charge in [-0.1, -0.05) is 0 Å². The smallest absolute Gasteiger partial charge is 0 e. The van der Waals surface area contributed by atoms with Crippen molar-refractivity contribution in [3.63, 3.8) is 0 Å². The zero-order valence-corrected chi connectivity index (χ0v) is 5.94. The van der Waals surface area contributed by atoms with Crippen LogP contribution in [-0.2, 0) is 0 Å². The van der Waals surface area contributed by atoms with E-state index in [1.807, 2.05) is 0 Å². The zero-order chi connectivity index (χ0) is 2.00. The Labute approximate surface area is 59.0 Å². The van der Waals surface area contributed by atoms with Gasteiger partial charge in [0.15, 0.2) is 0 Å². The van der Waals surface area contributed by atoms with Gasteiger partial charge in [-0.05, 0) is 0 Å². The number of hydrogen-bond acceptors (Lipinski definition) is 0. The molecule has 0 unspecified atom stereocenters. The van der Waals surface area contributed by atoms with E-state index in [0.717, 1.165) is 0 Å². The third-order valence-electron chi connectivity index (χ3n) is 0. The van der Waals surface area contributed by atoms with Crippen LogP contribution in [0.1, 0.15) is 0 Å². The fraction of sp³-hybridized carbons (Fsp3) is 0. The molecule has 0 aromatic carbocycles. The molecule has 0 amide bonds. The first-order chi connectivity index (χ1) is 1.00. The second-order valence-electron chi connectivity index (χ2n) is 0. The Balaban J connectivity index is -0.00000000167. The van der Waals surface area contributed by atoms with Crippen LogP contribution in [0.25, 0.3) is 0 Å². The lowest BCUT2D eigenvalue weighted by molar-refractivity contribution is 4.85. The first-order valence-electron chi connectivity index (χ1n) is 0.143. The molecule has 0 radical (unpaired) electrons. The van der Waals surface area contributed by atoms with E-state index in [9.17, 15) is 0 Å². The van der Waals surface area contributed by atoms with Gasteiger partial charge in [0.1, 0.15) is 0 Å². The average Bonchev–Trinajstić information content (AvgIpc) is 1.00. The maximum Gasteiger partial charge on any atom is 0 e. The summed E-state index contributed by atoms with van der Waals surface area (Å²) in [4.78, 5) is 0. The Morgan fingerprint density at radius 1 is 0.600 bits per heavy atom. The van der Waals surface area contributed by atoms with Crippen molar-refractivity contribution in [1.82, 2.24) is 0 Å². The average molecular weight is 180 g/mol. The fourth-order valence-electron chi connectivity index (χ4n) is 0. The molecule has 0 rings (SSSR count). The minimum atomic E-state index is 0. The SMILES string of the molecule is Cl.Cl.Cl.ClCl. The highest BCUT2D eigenvalue weighted by molar-refractivity contribution is 6.85. The quantitative estimate of drug-likeness (QED) is 0.537. The maximum atomic E-state index is 4.11. The highest BCUT2D eigenvalue weighted by Crippen LogP contribution is 1.69. The summed E-state index contributed by atoms with van der Waals surface area (Å²) in [5, 5.41) is 0. The predicted octanol–water partition coefficient (Wildman–Crippen LogP) is 2.64. The van der Waals surface area contributed by atoms with Gasteiger partial charge in [-0.3, -0.25) is 0 Å². The molecule has 5 heavy (non-hydrogen) atoms. The molecule has 0 aliphatic carbocycles. The molecule has 0 fully saturated rings. The van der Waals surface area contributed by atoms with Gasteiger partial charge in [-0.2, -0.15) is 0 Å². The second-order valence-corrected chi connectivity index (χ2v) is 0. The predicted molar refractivity (Wildman–Crippen MR) is 33.5 cm³/mol. The minimum Gasteiger partial charge on any atom is -0.147 e. The standard InChI is InChI=1S/Cl2.3ClH/c1-2;;;/h;3*1H. The highest BCUT2D eigenvalue weighted by atomic mass is 36.5. The van der Waals surface area contributed by atoms with Crippen LogP contribution in [0.3, 0.4) is 0 Å². The molecule has 0 N–H and O–H groups in total. The first kappa shape index (κ1) is 31.9. The van der Waals surface area contributed by atoms with Crippen molar-refractivity contribution in [2.24, 2.45) is 0 Å². The molecule has 38 valence electrons. The highest BCUT2D eigenvalue weighted by Gasteiger charge is 1.00. The van der Waals surface area contributed by atoms with E-state index in [0.29, 0.717) is 0 Å². The van der Waals surface area contributed by atoms with Crippen LogP contribution in [-0.4, -0.2) is 0 Å². The molecule has 0 aliphatic heterocycles. The van der Waals surface area contributed by atoms with Crippen LogP contribution < -0.4 is 0 Å². The zero-order valence-electron chi connectivity index (χ0n) is 1.98. The van der Waals surface area contributed by atoms with Crippen LogP contribution in [0, 0.1) is 0 Å². The van der Waals surface area contributed by atoms with E-state index in [-0.39, 0.29) is 37.2 Å². The van der Waals surface area contributed by atoms with Crippen molar-refractivity contribution < 1.29 is 0 Å². The lowest BCUT2D eigenvalue weighted by Crippen LogP contribution is -0.311. The molecule has 0 saturated carbocycles. The summed E-state index contributed by atoms with van der Waals surface area (Å²) >= 11 is 0. The van der Waals surface area contributed by atoms with Crippen LogP contribution >= 0.6 is 58.9 Å². The molecule has 0 atom stereocenters. The minimum absolute atomic E-state index is 0. The van der Waals surface area contributed by atoms with Gasteiger partial charge < -0.3 is 0 Å². The summed E-state index contributed by atoms with van der Waals surface area (Å²) < 4.78 is 0. The van der Waals surface area contributed by atoms with Crippen molar-refractivity contribution in [1.29, 1.82) is 0 Å². The molecule has 5 heteroatoms. The Kier molecular flexibility index (Phi) is 328. The van der Waals surface area contributed by atoms with Crippen molar-refractivity contribution >= 4 is 58.9 Å². The van der Waals surface area contributed by atoms with E-state index in [2.05, 4.69) is 21.7 Å². The molecule has 0 aliphatic rings. The molecular weight excluding hydrogens is 177 g/mol. The van der Waals surface area contributed by atoms with Crippen LogP contribution in [0.15, 0.2) is 0 Å². The Bertz CT molecular complexity index is 0. The molecular formula is H3Cl5. The van der Waals surface area contributed by atoms with Crippen molar-refractivity contribution in [2.45, 2.75) is 0 Å². The number of halogens is 5. The van der Waals surface area contributed by atoms with Crippen molar-refractivity contribution in [2.75, 3.05) is 0 Å². The summed E-state index contributed by atoms with van der Waals surface area (Å²) in [6.07, 6.45) is 0. The number of hydrogen-bond donors (Lipinski definition) is 0. The van der Waals surface area contributed by atoms with Gasteiger partial charge in [0.05, 0.1) is 0 Å². The van der Waals surface area contributed by atoms with Gasteiger partial charge in [-0.25, -0.2) is 0 Å². The molecule has 0 bridgehead atoms. The first-order valence-corrected chi connectivity index (χ1v) is 1.29. The molecule has 0 heterocycles. The molecule has 0 nitrogen and oxygen atoms in total. The Morgan fingerprint density at radius 3 is 0.600 bits per heavy atom. The van der Waals surface area contributed by atoms with E-state index in [4.69, 9.17) is 0 Å². The summed E-state index contributed by atoms with van der Waals surface area (Å²) in [5.41, 5.74) is 0. The molecule has 0 saturated heterocycles. The molecule has 0 aromatic heterocycles. The normalized spacial score (nSPS) is 1.20. The summed E-state index contributed by atoms with van der Waals surface area (Å²) in [6, 6.07) is 0. The van der Waals surface area contributed by atoms with Crippen LogP contribution in [0.2, 0.25) is 0 Å². The Hall–Kier alpha value is 1.45. The maximum absolute atomic E-state index is 4.11. The van der Waals surface area contributed by atoms with Gasteiger partial charge >= 0.3 is 0 Å². The van der Waals surface area contributed by atoms with E-state index < -0.39 is 0 Å². The van der Waals surface area contributed by atoms with Crippen LogP contribution in [0.5, 0.6) is 0 Å². The van der Waals surface area contributed by atoms with Gasteiger partial charge in [-0.15, -0.1) is 37.2 Å². The lowest BCUT2D eigenvalue weighted by atomic mass is 34.5. The van der Waals surface area contributed by atoms with Crippen molar-refractivity contribution in [3.8, 4) is 0 Å². The second kappa shape index (κ2) is 51.3. The van der Waals surface area contributed by atoms with Gasteiger partial charge in [0.25, 0.3) is 0 Å². The summed E-state index contributed by atoms with van der Waals surface area (Å²) in [5.74, 6) is 0. The third-order valence-corrected chi connectivity index (χ3v) is 0. The fourth-order valence-corrected chi connectivity index (χ4v) is 0. The van der Waals surface area contributed by atoms with Gasteiger partial charge in [0.2, 0.25) is 0 Å². The van der Waals surface area contributed by atoms with Gasteiger partial charge in [0, 0.05) is 21.7 Å². The van der Waals surface area contributed by atoms with E-state index >= 15 is 0 Å².